The summed E-state index contributed by atoms with van der Waals surface area (Å²) in [5.74, 6) is 6.47. The lowest BCUT2D eigenvalue weighted by Gasteiger charge is -1.95. The number of hydrogen-bond acceptors (Lipinski definition) is 6. The summed E-state index contributed by atoms with van der Waals surface area (Å²) in [5, 5.41) is 12.1. The molecule has 0 saturated carbocycles. The first-order valence-corrected chi connectivity index (χ1v) is 9.45. The van der Waals surface area contributed by atoms with Crippen molar-refractivity contribution in [2.24, 2.45) is 0 Å². The highest BCUT2D eigenvalue weighted by Gasteiger charge is 2.22. The van der Waals surface area contributed by atoms with Crippen LogP contribution in [0.25, 0.3) is 17.0 Å². The third kappa shape index (κ3) is 3.81. The van der Waals surface area contributed by atoms with Gasteiger partial charge in [-0.1, -0.05) is 48.0 Å². The van der Waals surface area contributed by atoms with Crippen molar-refractivity contribution in [3.05, 3.63) is 70.1 Å². The zero-order chi connectivity index (χ0) is 19.5. The van der Waals surface area contributed by atoms with Gasteiger partial charge in [-0.3, -0.25) is 9.78 Å². The van der Waals surface area contributed by atoms with E-state index in [1.807, 2.05) is 30.3 Å². The van der Waals surface area contributed by atoms with Crippen LogP contribution >= 0.6 is 24.0 Å². The van der Waals surface area contributed by atoms with Crippen LogP contribution in [0.4, 0.5) is 0 Å². The Labute approximate surface area is 170 Å². The number of nitrogens with one attached hydrogen (secondary N) is 1. The molecule has 0 spiro atoms. The number of benzene rings is 1. The fourth-order valence-electron chi connectivity index (χ4n) is 2.63. The van der Waals surface area contributed by atoms with E-state index in [9.17, 15) is 4.79 Å². The molecular formula is C21H11N3O2S2. The number of hydrogen-bond donors (Lipinski definition) is 1. The molecule has 0 unspecified atom stereocenters. The molecule has 3 heterocycles. The van der Waals surface area contributed by atoms with Gasteiger partial charge in [0.05, 0.1) is 23.0 Å². The molecule has 3 aromatic rings. The maximum absolute atomic E-state index is 11.8. The quantitative estimate of drug-likeness (QED) is 0.400. The number of nitriles is 1. The van der Waals surface area contributed by atoms with Crippen molar-refractivity contribution in [3.63, 3.8) is 0 Å². The lowest BCUT2D eigenvalue weighted by molar-refractivity contribution is -0.115. The molecule has 2 aromatic heterocycles. The number of amides is 1. The van der Waals surface area contributed by atoms with E-state index < -0.39 is 0 Å². The van der Waals surface area contributed by atoms with E-state index in [1.54, 1.807) is 18.5 Å². The maximum Gasteiger partial charge on any atom is 0.263 e. The fraction of sp³-hybridized carbons (Fsp3) is 0.0476. The van der Waals surface area contributed by atoms with Crippen LogP contribution < -0.4 is 5.32 Å². The Morgan fingerprint density at radius 3 is 2.79 bits per heavy atom. The Morgan fingerprint density at radius 2 is 2.07 bits per heavy atom. The SMILES string of the molecule is N#CCc1ccc(C#Cc2cncc3cc(/C=C4/SC(=S)NC4=O)oc23)cc1. The summed E-state index contributed by atoms with van der Waals surface area (Å²) in [6.07, 6.45) is 5.37. The van der Waals surface area contributed by atoms with E-state index in [-0.39, 0.29) is 5.91 Å². The molecule has 5 nitrogen and oxygen atoms in total. The molecule has 28 heavy (non-hydrogen) atoms. The molecule has 1 fully saturated rings. The summed E-state index contributed by atoms with van der Waals surface area (Å²) in [6.45, 7) is 0. The first kappa shape index (κ1) is 18.0. The van der Waals surface area contributed by atoms with Gasteiger partial charge in [-0.25, -0.2) is 0 Å². The van der Waals surface area contributed by atoms with Crippen LogP contribution in [0.5, 0.6) is 0 Å². The highest BCUT2D eigenvalue weighted by Crippen LogP contribution is 2.29. The van der Waals surface area contributed by atoms with Crippen LogP contribution in [0.2, 0.25) is 0 Å². The first-order chi connectivity index (χ1) is 13.6. The van der Waals surface area contributed by atoms with Crippen molar-refractivity contribution in [1.82, 2.24) is 10.3 Å². The van der Waals surface area contributed by atoms with Gasteiger partial charge in [-0.2, -0.15) is 5.26 Å². The van der Waals surface area contributed by atoms with Crippen LogP contribution in [0.1, 0.15) is 22.5 Å². The van der Waals surface area contributed by atoms with Gasteiger partial charge in [0.1, 0.15) is 10.1 Å². The molecule has 0 aliphatic carbocycles. The van der Waals surface area contributed by atoms with Crippen molar-refractivity contribution < 1.29 is 9.21 Å². The highest BCUT2D eigenvalue weighted by atomic mass is 32.2. The first-order valence-electron chi connectivity index (χ1n) is 8.23. The summed E-state index contributed by atoms with van der Waals surface area (Å²) in [7, 11) is 0. The second-order valence-electron chi connectivity index (χ2n) is 5.89. The Morgan fingerprint density at radius 1 is 1.25 bits per heavy atom. The number of furan rings is 1. The summed E-state index contributed by atoms with van der Waals surface area (Å²) >= 11 is 6.20. The summed E-state index contributed by atoms with van der Waals surface area (Å²) in [5.41, 5.74) is 3.05. The molecule has 1 aliphatic rings. The molecule has 4 rings (SSSR count). The monoisotopic (exact) mass is 401 g/mol. The van der Waals surface area contributed by atoms with Crippen molar-refractivity contribution in [2.75, 3.05) is 0 Å². The van der Waals surface area contributed by atoms with E-state index in [2.05, 4.69) is 28.2 Å². The zero-order valence-corrected chi connectivity index (χ0v) is 16.0. The van der Waals surface area contributed by atoms with Gasteiger partial charge in [0.2, 0.25) is 0 Å². The molecule has 1 amide bonds. The molecule has 1 saturated heterocycles. The highest BCUT2D eigenvalue weighted by molar-refractivity contribution is 8.26. The normalized spacial score (nSPS) is 14.6. The largest absolute Gasteiger partial charge is 0.455 e. The number of fused-ring (bicyclic) bond motifs is 1. The number of nitrogens with zero attached hydrogens (tertiary/aromatic N) is 2. The van der Waals surface area contributed by atoms with Crippen LogP contribution in [-0.4, -0.2) is 15.2 Å². The number of thiocarbonyl (C=S) groups is 1. The van der Waals surface area contributed by atoms with Crippen LogP contribution in [0.3, 0.4) is 0 Å². The van der Waals surface area contributed by atoms with Crippen LogP contribution in [0.15, 0.2) is 52.0 Å². The topological polar surface area (TPSA) is 78.9 Å². The predicted octanol–water partition coefficient (Wildman–Crippen LogP) is 3.78. The van der Waals surface area contributed by atoms with Crippen LogP contribution in [-0.2, 0) is 11.2 Å². The summed E-state index contributed by atoms with van der Waals surface area (Å²) in [6, 6.07) is 11.5. The van der Waals surface area contributed by atoms with Gasteiger partial charge in [0, 0.05) is 29.4 Å². The van der Waals surface area contributed by atoms with E-state index in [0.717, 1.165) is 16.5 Å². The lowest BCUT2D eigenvalue weighted by Crippen LogP contribution is -2.17. The third-order valence-electron chi connectivity index (χ3n) is 3.94. The standard InChI is InChI=1S/C21H11N3O2S2/c22-8-7-14-3-1-13(2-4-14)5-6-15-11-23-12-16-9-17(26-19(15)16)10-18-20(25)24-21(27)28-18/h1-4,9-12H,7H2,(H,24,25,27)/b18-10+. The predicted molar refractivity (Wildman–Crippen MR) is 112 cm³/mol. The average Bonchev–Trinajstić information content (AvgIpc) is 3.24. The Balaban J connectivity index is 1.65. The van der Waals surface area contributed by atoms with Gasteiger partial charge < -0.3 is 9.73 Å². The Kier molecular flexibility index (Phi) is 4.94. The number of aromatic nitrogens is 1. The van der Waals surface area contributed by atoms with Gasteiger partial charge in [0.15, 0.2) is 5.58 Å². The number of thioether (sulfide) groups is 1. The molecular weight excluding hydrogens is 390 g/mol. The minimum Gasteiger partial charge on any atom is -0.455 e. The van der Waals surface area contributed by atoms with Crippen molar-refractivity contribution in [3.8, 4) is 17.9 Å². The maximum atomic E-state index is 11.8. The molecule has 134 valence electrons. The van der Waals surface area contributed by atoms with Crippen molar-refractivity contribution in [1.29, 1.82) is 5.26 Å². The molecule has 0 bridgehead atoms. The van der Waals surface area contributed by atoms with E-state index in [0.29, 0.717) is 32.6 Å². The number of rotatable bonds is 2. The van der Waals surface area contributed by atoms with Crippen molar-refractivity contribution in [2.45, 2.75) is 6.42 Å². The molecule has 1 aliphatic heterocycles. The molecule has 0 atom stereocenters. The fourth-order valence-corrected chi connectivity index (χ4v) is 3.65. The zero-order valence-electron chi connectivity index (χ0n) is 14.4. The van der Waals surface area contributed by atoms with Gasteiger partial charge in [0.25, 0.3) is 5.91 Å². The summed E-state index contributed by atoms with van der Waals surface area (Å²) in [4.78, 5) is 16.5. The van der Waals surface area contributed by atoms with Gasteiger partial charge in [-0.05, 0) is 23.8 Å². The lowest BCUT2D eigenvalue weighted by atomic mass is 10.1. The van der Waals surface area contributed by atoms with E-state index >= 15 is 0 Å². The second kappa shape index (κ2) is 7.69. The van der Waals surface area contributed by atoms with Gasteiger partial charge in [-0.15, -0.1) is 0 Å². The average molecular weight is 401 g/mol. The van der Waals surface area contributed by atoms with Gasteiger partial charge >= 0.3 is 0 Å². The minimum absolute atomic E-state index is 0.228. The Bertz CT molecular complexity index is 1240. The Hall–Kier alpha value is -3.39. The smallest absolute Gasteiger partial charge is 0.263 e. The van der Waals surface area contributed by atoms with Crippen molar-refractivity contribution >= 4 is 51.3 Å². The van der Waals surface area contributed by atoms with Crippen LogP contribution in [0, 0.1) is 23.2 Å². The third-order valence-corrected chi connectivity index (χ3v) is 5.10. The van der Waals surface area contributed by atoms with E-state index in [1.165, 1.54) is 11.8 Å². The number of carbonyl (C=O) groups is 1. The molecule has 7 heteroatoms. The minimum atomic E-state index is -0.228. The molecule has 1 N–H and O–H groups in total. The number of carbonyl (C=O) groups excluding carboxylic acids is 1. The molecule has 1 aromatic carbocycles. The molecule has 0 radical (unpaired) electrons. The second-order valence-corrected chi connectivity index (χ2v) is 7.61. The number of pyridine rings is 1. The van der Waals surface area contributed by atoms with E-state index in [4.69, 9.17) is 21.9 Å². The summed E-state index contributed by atoms with van der Waals surface area (Å²) < 4.78 is 6.32.